The lowest BCUT2D eigenvalue weighted by Gasteiger charge is -2.12. The first kappa shape index (κ1) is 18.0. The SMILES string of the molecule is CCCC(=O)Nc1ccc(CNC(=NC)NCc2ccsc2)cc1. The Labute approximate surface area is 147 Å². The zero-order chi connectivity index (χ0) is 17.2. The van der Waals surface area contributed by atoms with Gasteiger partial charge in [0.05, 0.1) is 0 Å². The lowest BCUT2D eigenvalue weighted by atomic mass is 10.2. The van der Waals surface area contributed by atoms with E-state index in [0.717, 1.165) is 30.2 Å². The van der Waals surface area contributed by atoms with Gasteiger partial charge in [-0.2, -0.15) is 11.3 Å². The highest BCUT2D eigenvalue weighted by molar-refractivity contribution is 7.07. The molecule has 0 unspecified atom stereocenters. The molecule has 0 aliphatic heterocycles. The van der Waals surface area contributed by atoms with E-state index >= 15 is 0 Å². The van der Waals surface area contributed by atoms with Crippen molar-refractivity contribution in [2.75, 3.05) is 12.4 Å². The van der Waals surface area contributed by atoms with Crippen LogP contribution in [0.25, 0.3) is 0 Å². The Morgan fingerprint density at radius 1 is 1.08 bits per heavy atom. The number of rotatable bonds is 7. The van der Waals surface area contributed by atoms with Crippen molar-refractivity contribution in [1.82, 2.24) is 10.6 Å². The molecule has 0 fully saturated rings. The lowest BCUT2D eigenvalue weighted by molar-refractivity contribution is -0.116. The quantitative estimate of drug-likeness (QED) is 0.533. The largest absolute Gasteiger partial charge is 0.352 e. The van der Waals surface area contributed by atoms with Gasteiger partial charge in [-0.25, -0.2) is 0 Å². The minimum Gasteiger partial charge on any atom is -0.352 e. The number of aliphatic imine (C=N–C) groups is 1. The topological polar surface area (TPSA) is 65.5 Å². The van der Waals surface area contributed by atoms with Gasteiger partial charge in [0.1, 0.15) is 0 Å². The summed E-state index contributed by atoms with van der Waals surface area (Å²) in [6, 6.07) is 9.94. The average molecular weight is 344 g/mol. The van der Waals surface area contributed by atoms with Crippen molar-refractivity contribution in [3.8, 4) is 0 Å². The van der Waals surface area contributed by atoms with Crippen LogP contribution in [-0.2, 0) is 17.9 Å². The Hall–Kier alpha value is -2.34. The third kappa shape index (κ3) is 6.04. The van der Waals surface area contributed by atoms with Crippen LogP contribution >= 0.6 is 11.3 Å². The second-order valence-corrected chi connectivity index (χ2v) is 6.19. The maximum Gasteiger partial charge on any atom is 0.224 e. The normalized spacial score (nSPS) is 11.2. The Morgan fingerprint density at radius 2 is 1.79 bits per heavy atom. The van der Waals surface area contributed by atoms with Crippen molar-refractivity contribution < 1.29 is 4.79 Å². The summed E-state index contributed by atoms with van der Waals surface area (Å²) >= 11 is 1.69. The van der Waals surface area contributed by atoms with E-state index in [1.807, 2.05) is 31.2 Å². The summed E-state index contributed by atoms with van der Waals surface area (Å²) in [5, 5.41) is 13.6. The van der Waals surface area contributed by atoms with Gasteiger partial charge in [-0.1, -0.05) is 19.1 Å². The highest BCUT2D eigenvalue weighted by Crippen LogP contribution is 2.10. The Bertz CT molecular complexity index is 650. The van der Waals surface area contributed by atoms with Gasteiger partial charge in [-0.05, 0) is 46.5 Å². The number of amides is 1. The van der Waals surface area contributed by atoms with Crippen LogP contribution in [-0.4, -0.2) is 18.9 Å². The van der Waals surface area contributed by atoms with Crippen molar-refractivity contribution in [1.29, 1.82) is 0 Å². The molecule has 5 nitrogen and oxygen atoms in total. The third-order valence-electron chi connectivity index (χ3n) is 3.44. The predicted molar refractivity (Wildman–Crippen MR) is 101 cm³/mol. The monoisotopic (exact) mass is 344 g/mol. The fourth-order valence-electron chi connectivity index (χ4n) is 2.14. The second-order valence-electron chi connectivity index (χ2n) is 5.41. The van der Waals surface area contributed by atoms with E-state index in [4.69, 9.17) is 0 Å². The number of nitrogens with one attached hydrogen (secondary N) is 3. The first-order valence-corrected chi connectivity index (χ1v) is 9.00. The van der Waals surface area contributed by atoms with Crippen LogP contribution in [0.15, 0.2) is 46.1 Å². The van der Waals surface area contributed by atoms with Crippen molar-refractivity contribution in [3.05, 3.63) is 52.2 Å². The summed E-state index contributed by atoms with van der Waals surface area (Å²) in [4.78, 5) is 15.8. The highest BCUT2D eigenvalue weighted by Gasteiger charge is 2.02. The molecule has 0 atom stereocenters. The van der Waals surface area contributed by atoms with Gasteiger partial charge in [0.2, 0.25) is 5.91 Å². The molecule has 1 amide bonds. The maximum absolute atomic E-state index is 11.6. The molecule has 0 aliphatic carbocycles. The zero-order valence-electron chi connectivity index (χ0n) is 14.1. The fraction of sp³-hybridized carbons (Fsp3) is 0.333. The van der Waals surface area contributed by atoms with Crippen LogP contribution in [0.5, 0.6) is 0 Å². The summed E-state index contributed by atoms with van der Waals surface area (Å²) in [6.07, 6.45) is 1.40. The molecule has 0 saturated heterocycles. The molecule has 2 aromatic rings. The molecule has 24 heavy (non-hydrogen) atoms. The standard InChI is InChI=1S/C18H24N4OS/c1-3-4-17(23)22-16-7-5-14(6-8-16)11-20-18(19-2)21-12-15-9-10-24-13-15/h5-10,13H,3-4,11-12H2,1-2H3,(H,22,23)(H2,19,20,21). The van der Waals surface area contributed by atoms with Crippen LogP contribution in [0.3, 0.4) is 0 Å². The van der Waals surface area contributed by atoms with Gasteiger partial charge in [-0.15, -0.1) is 0 Å². The summed E-state index contributed by atoms with van der Waals surface area (Å²) in [7, 11) is 1.76. The van der Waals surface area contributed by atoms with Crippen molar-refractivity contribution in [3.63, 3.8) is 0 Å². The van der Waals surface area contributed by atoms with Crippen LogP contribution in [0.4, 0.5) is 5.69 Å². The minimum absolute atomic E-state index is 0.0569. The smallest absolute Gasteiger partial charge is 0.224 e. The van der Waals surface area contributed by atoms with E-state index in [0.29, 0.717) is 13.0 Å². The van der Waals surface area contributed by atoms with Gasteiger partial charge in [0.15, 0.2) is 5.96 Å². The molecule has 128 valence electrons. The number of hydrogen-bond donors (Lipinski definition) is 3. The van der Waals surface area contributed by atoms with E-state index in [-0.39, 0.29) is 5.91 Å². The van der Waals surface area contributed by atoms with E-state index < -0.39 is 0 Å². The molecule has 1 aromatic carbocycles. The summed E-state index contributed by atoms with van der Waals surface area (Å²) < 4.78 is 0. The number of thiophene rings is 1. The summed E-state index contributed by atoms with van der Waals surface area (Å²) in [6.45, 7) is 3.42. The molecule has 0 radical (unpaired) electrons. The maximum atomic E-state index is 11.6. The number of nitrogens with zero attached hydrogens (tertiary/aromatic N) is 1. The van der Waals surface area contributed by atoms with E-state index in [1.54, 1.807) is 18.4 Å². The van der Waals surface area contributed by atoms with E-state index in [1.165, 1.54) is 5.56 Å². The molecular weight excluding hydrogens is 320 g/mol. The fourth-order valence-corrected chi connectivity index (χ4v) is 2.81. The number of anilines is 1. The number of benzene rings is 1. The molecule has 3 N–H and O–H groups in total. The second kappa shape index (κ2) is 9.72. The van der Waals surface area contributed by atoms with Crippen molar-refractivity contribution in [2.24, 2.45) is 4.99 Å². The van der Waals surface area contributed by atoms with Crippen LogP contribution in [0, 0.1) is 0 Å². The molecular formula is C18H24N4OS. The molecule has 6 heteroatoms. The molecule has 0 bridgehead atoms. The van der Waals surface area contributed by atoms with Crippen LogP contribution in [0.2, 0.25) is 0 Å². The number of hydrogen-bond acceptors (Lipinski definition) is 3. The third-order valence-corrected chi connectivity index (χ3v) is 4.17. The summed E-state index contributed by atoms with van der Waals surface area (Å²) in [5.74, 6) is 0.822. The van der Waals surface area contributed by atoms with Crippen molar-refractivity contribution in [2.45, 2.75) is 32.9 Å². The van der Waals surface area contributed by atoms with Gasteiger partial charge in [0, 0.05) is 32.2 Å². The number of carbonyl (C=O) groups excluding carboxylic acids is 1. The summed E-state index contributed by atoms with van der Waals surface area (Å²) in [5.41, 5.74) is 3.20. The average Bonchev–Trinajstić information content (AvgIpc) is 3.10. The van der Waals surface area contributed by atoms with Crippen molar-refractivity contribution >= 4 is 28.9 Å². The van der Waals surface area contributed by atoms with Gasteiger partial charge < -0.3 is 16.0 Å². The Balaban J connectivity index is 1.79. The molecule has 0 spiro atoms. The van der Waals surface area contributed by atoms with E-state index in [2.05, 4.69) is 37.8 Å². The first-order valence-electron chi connectivity index (χ1n) is 8.05. The highest BCUT2D eigenvalue weighted by atomic mass is 32.1. The molecule has 1 heterocycles. The predicted octanol–water partition coefficient (Wildman–Crippen LogP) is 3.35. The van der Waals surface area contributed by atoms with Gasteiger partial charge in [-0.3, -0.25) is 9.79 Å². The molecule has 2 rings (SSSR count). The van der Waals surface area contributed by atoms with Crippen LogP contribution in [0.1, 0.15) is 30.9 Å². The Morgan fingerprint density at radius 3 is 2.38 bits per heavy atom. The zero-order valence-corrected chi connectivity index (χ0v) is 15.0. The number of guanidine groups is 1. The molecule has 1 aromatic heterocycles. The lowest BCUT2D eigenvalue weighted by Crippen LogP contribution is -2.36. The first-order chi connectivity index (χ1) is 11.7. The molecule has 0 aliphatic rings. The minimum atomic E-state index is 0.0569. The molecule has 0 saturated carbocycles. The van der Waals surface area contributed by atoms with Crippen LogP contribution < -0.4 is 16.0 Å². The van der Waals surface area contributed by atoms with E-state index in [9.17, 15) is 4.79 Å². The Kier molecular flexibility index (Phi) is 7.29. The van der Waals surface area contributed by atoms with Gasteiger partial charge >= 0.3 is 0 Å². The number of carbonyl (C=O) groups is 1. The van der Waals surface area contributed by atoms with Gasteiger partial charge in [0.25, 0.3) is 0 Å².